The molecular weight excluding hydrogens is 350 g/mol. The molecular formula is C22H27N5O. The number of aryl methyl sites for hydroxylation is 1. The Hall–Kier alpha value is -2.63. The summed E-state index contributed by atoms with van der Waals surface area (Å²) in [5.41, 5.74) is 3.90. The van der Waals surface area contributed by atoms with Crippen molar-refractivity contribution in [1.82, 2.24) is 19.7 Å². The molecule has 0 bridgehead atoms. The van der Waals surface area contributed by atoms with Gasteiger partial charge in [0, 0.05) is 62.5 Å². The lowest BCUT2D eigenvalue weighted by Gasteiger charge is -2.56. The summed E-state index contributed by atoms with van der Waals surface area (Å²) < 4.78 is 1.84. The molecule has 2 saturated heterocycles. The largest absolute Gasteiger partial charge is 0.355 e. The number of hydrogen-bond acceptors (Lipinski definition) is 4. The predicted molar refractivity (Wildman–Crippen MR) is 109 cm³/mol. The molecule has 0 radical (unpaired) electrons. The van der Waals surface area contributed by atoms with Gasteiger partial charge in [-0.05, 0) is 43.0 Å². The van der Waals surface area contributed by atoms with Crippen LogP contribution in [0.4, 0.5) is 5.82 Å². The Morgan fingerprint density at radius 1 is 1.36 bits per heavy atom. The highest BCUT2D eigenvalue weighted by Gasteiger charge is 2.47. The fourth-order valence-electron chi connectivity index (χ4n) is 5.00. The fourth-order valence-corrected chi connectivity index (χ4v) is 5.00. The first kappa shape index (κ1) is 17.5. The fraction of sp³-hybridized carbons (Fsp3) is 0.500. The van der Waals surface area contributed by atoms with Crippen molar-refractivity contribution in [3.8, 4) is 11.3 Å². The van der Waals surface area contributed by atoms with Gasteiger partial charge in [0.25, 0.3) is 0 Å². The number of nitrogens with zero attached hydrogens (tertiary/aromatic N) is 5. The SMILES string of the molecule is C=CC(=O)N1CC[C@H](c2cnc(N3CC4(CCC4)C3)cc2-c2ccn(C)n2)C1. The molecule has 2 aliphatic heterocycles. The van der Waals surface area contributed by atoms with Crippen LogP contribution in [0.2, 0.25) is 0 Å². The van der Waals surface area contributed by atoms with Crippen molar-refractivity contribution in [2.24, 2.45) is 12.5 Å². The Kier molecular flexibility index (Phi) is 4.03. The van der Waals surface area contributed by atoms with Crippen LogP contribution in [-0.2, 0) is 11.8 Å². The lowest BCUT2D eigenvalue weighted by Crippen LogP contribution is -2.60. The standard InChI is InChI=1S/C22H27N5O/c1-3-21(28)26-10-5-16(13-26)18-12-23-20(27-14-22(15-27)7-4-8-22)11-17(18)19-6-9-25(2)24-19/h3,6,9,11-12,16H,1,4-5,7-8,10,13-15H2,2H3/t16-/m0/s1. The van der Waals surface area contributed by atoms with E-state index in [4.69, 9.17) is 4.98 Å². The van der Waals surface area contributed by atoms with E-state index in [0.29, 0.717) is 5.41 Å². The summed E-state index contributed by atoms with van der Waals surface area (Å²) in [5.74, 6) is 1.36. The van der Waals surface area contributed by atoms with Crippen molar-refractivity contribution in [1.29, 1.82) is 0 Å². The molecule has 1 atom stereocenters. The Morgan fingerprint density at radius 3 is 2.82 bits per heavy atom. The maximum atomic E-state index is 12.0. The van der Waals surface area contributed by atoms with Crippen molar-refractivity contribution >= 4 is 11.7 Å². The van der Waals surface area contributed by atoms with Gasteiger partial charge in [0.1, 0.15) is 5.82 Å². The van der Waals surface area contributed by atoms with Crippen molar-refractivity contribution < 1.29 is 4.79 Å². The smallest absolute Gasteiger partial charge is 0.245 e. The van der Waals surface area contributed by atoms with E-state index in [0.717, 1.165) is 49.7 Å². The van der Waals surface area contributed by atoms with Crippen molar-refractivity contribution in [3.05, 3.63) is 42.7 Å². The third-order valence-electron chi connectivity index (χ3n) is 6.82. The number of rotatable bonds is 4. The Morgan fingerprint density at radius 2 is 2.18 bits per heavy atom. The van der Waals surface area contributed by atoms with E-state index in [1.807, 2.05) is 29.0 Å². The Labute approximate surface area is 165 Å². The maximum absolute atomic E-state index is 12.0. The van der Waals surface area contributed by atoms with E-state index >= 15 is 0 Å². The molecule has 5 rings (SSSR count). The van der Waals surface area contributed by atoms with Crippen LogP contribution in [0.25, 0.3) is 11.3 Å². The minimum Gasteiger partial charge on any atom is -0.355 e. The van der Waals surface area contributed by atoms with E-state index in [-0.39, 0.29) is 11.8 Å². The quantitative estimate of drug-likeness (QED) is 0.769. The zero-order valence-corrected chi connectivity index (χ0v) is 16.5. The van der Waals surface area contributed by atoms with E-state index in [1.54, 1.807) is 0 Å². The maximum Gasteiger partial charge on any atom is 0.245 e. The number of amides is 1. The lowest BCUT2D eigenvalue weighted by atomic mass is 9.63. The minimum atomic E-state index is 0.0119. The van der Waals surface area contributed by atoms with E-state index < -0.39 is 0 Å². The second-order valence-corrected chi connectivity index (χ2v) is 8.69. The molecule has 0 N–H and O–H groups in total. The van der Waals surface area contributed by atoms with Gasteiger partial charge in [0.15, 0.2) is 0 Å². The summed E-state index contributed by atoms with van der Waals surface area (Å²) in [4.78, 5) is 21.1. The number of likely N-dealkylation sites (tertiary alicyclic amines) is 1. The van der Waals surface area contributed by atoms with Crippen molar-refractivity contribution in [3.63, 3.8) is 0 Å². The van der Waals surface area contributed by atoms with Crippen LogP contribution in [0.5, 0.6) is 0 Å². The van der Waals surface area contributed by atoms with Crippen LogP contribution in [-0.4, -0.2) is 51.8 Å². The summed E-state index contributed by atoms with van der Waals surface area (Å²) in [5, 5.41) is 4.66. The molecule has 1 amide bonds. The summed E-state index contributed by atoms with van der Waals surface area (Å²) in [6, 6.07) is 4.27. The Bertz CT molecular complexity index is 921. The van der Waals surface area contributed by atoms with Crippen molar-refractivity contribution in [2.75, 3.05) is 31.1 Å². The van der Waals surface area contributed by atoms with Gasteiger partial charge in [-0.1, -0.05) is 13.0 Å². The number of pyridine rings is 1. The molecule has 0 aromatic carbocycles. The molecule has 3 aliphatic rings. The average molecular weight is 377 g/mol. The summed E-state index contributed by atoms with van der Waals surface area (Å²) in [6.45, 7) is 7.37. The topological polar surface area (TPSA) is 54.3 Å². The molecule has 1 aliphatic carbocycles. The van der Waals surface area contributed by atoms with E-state index in [1.165, 1.54) is 30.9 Å². The van der Waals surface area contributed by atoms with Gasteiger partial charge in [0.2, 0.25) is 5.91 Å². The highest BCUT2D eigenvalue weighted by Crippen LogP contribution is 2.49. The monoisotopic (exact) mass is 377 g/mol. The van der Waals surface area contributed by atoms with Gasteiger partial charge in [-0.15, -0.1) is 0 Å². The second kappa shape index (κ2) is 6.47. The number of hydrogen-bond donors (Lipinski definition) is 0. The van der Waals surface area contributed by atoms with Gasteiger partial charge in [-0.3, -0.25) is 9.48 Å². The Balaban J connectivity index is 1.45. The van der Waals surface area contributed by atoms with Crippen LogP contribution >= 0.6 is 0 Å². The zero-order valence-electron chi connectivity index (χ0n) is 16.5. The van der Waals surface area contributed by atoms with Crippen LogP contribution in [0, 0.1) is 5.41 Å². The molecule has 3 fully saturated rings. The molecule has 6 heteroatoms. The molecule has 0 unspecified atom stereocenters. The lowest BCUT2D eigenvalue weighted by molar-refractivity contribution is -0.125. The molecule has 2 aromatic heterocycles. The van der Waals surface area contributed by atoms with Crippen LogP contribution < -0.4 is 4.90 Å². The van der Waals surface area contributed by atoms with Gasteiger partial charge in [0.05, 0.1) is 5.69 Å². The highest BCUT2D eigenvalue weighted by molar-refractivity contribution is 5.87. The van der Waals surface area contributed by atoms with E-state index in [2.05, 4.69) is 28.7 Å². The van der Waals surface area contributed by atoms with E-state index in [9.17, 15) is 4.79 Å². The predicted octanol–water partition coefficient (Wildman–Crippen LogP) is 2.97. The normalized spacial score (nSPS) is 22.8. The van der Waals surface area contributed by atoms with Crippen LogP contribution in [0.15, 0.2) is 37.2 Å². The molecule has 6 nitrogen and oxygen atoms in total. The number of carbonyl (C=O) groups is 1. The van der Waals surface area contributed by atoms with Gasteiger partial charge < -0.3 is 9.80 Å². The molecule has 1 spiro atoms. The molecule has 1 saturated carbocycles. The number of aromatic nitrogens is 3. The van der Waals surface area contributed by atoms with Gasteiger partial charge in [-0.25, -0.2) is 4.98 Å². The molecule has 4 heterocycles. The third-order valence-corrected chi connectivity index (χ3v) is 6.82. The second-order valence-electron chi connectivity index (χ2n) is 8.69. The zero-order chi connectivity index (χ0) is 19.3. The summed E-state index contributed by atoms with van der Waals surface area (Å²) >= 11 is 0. The third kappa shape index (κ3) is 2.82. The summed E-state index contributed by atoms with van der Waals surface area (Å²) in [7, 11) is 1.95. The van der Waals surface area contributed by atoms with Crippen LogP contribution in [0.1, 0.15) is 37.2 Å². The molecule has 146 valence electrons. The molecule has 28 heavy (non-hydrogen) atoms. The number of anilines is 1. The van der Waals surface area contributed by atoms with Gasteiger partial charge in [-0.2, -0.15) is 5.10 Å². The molecule has 2 aromatic rings. The van der Waals surface area contributed by atoms with Crippen molar-refractivity contribution in [2.45, 2.75) is 31.6 Å². The van der Waals surface area contributed by atoms with Gasteiger partial charge >= 0.3 is 0 Å². The first-order valence-corrected chi connectivity index (χ1v) is 10.2. The highest BCUT2D eigenvalue weighted by atomic mass is 16.2. The average Bonchev–Trinajstić information content (AvgIpc) is 3.28. The minimum absolute atomic E-state index is 0.0119. The van der Waals surface area contributed by atoms with Crippen LogP contribution in [0.3, 0.4) is 0 Å². The summed E-state index contributed by atoms with van der Waals surface area (Å²) in [6.07, 6.45) is 10.5. The number of carbonyl (C=O) groups excluding carboxylic acids is 1. The first-order chi connectivity index (χ1) is 13.6. The first-order valence-electron chi connectivity index (χ1n) is 10.2.